The van der Waals surface area contributed by atoms with E-state index < -0.39 is 26.0 Å². The molecule has 0 aromatic heterocycles. The summed E-state index contributed by atoms with van der Waals surface area (Å²) in [6.45, 7) is 14.4. The molecule has 0 radical (unpaired) electrons. The lowest BCUT2D eigenvalue weighted by Crippen LogP contribution is -2.38. The lowest BCUT2D eigenvalue weighted by atomic mass is 9.73. The van der Waals surface area contributed by atoms with E-state index in [1.54, 1.807) is 0 Å². The van der Waals surface area contributed by atoms with Crippen molar-refractivity contribution in [2.45, 2.75) is 53.4 Å². The number of Topliss-reactive ketones (excluding diaryl/α,β-unsaturated/α-hetero) is 1. The summed E-state index contributed by atoms with van der Waals surface area (Å²) in [7, 11) is -1.60. The fourth-order valence-corrected chi connectivity index (χ4v) is 5.10. The fourth-order valence-electron chi connectivity index (χ4n) is 4.58. The van der Waals surface area contributed by atoms with Crippen molar-refractivity contribution in [2.24, 2.45) is 17.8 Å². The zero-order valence-corrected chi connectivity index (χ0v) is 18.8. The summed E-state index contributed by atoms with van der Waals surface area (Å²) >= 11 is 0. The van der Waals surface area contributed by atoms with Crippen LogP contribution in [0.15, 0.2) is 29.5 Å². The monoisotopic (exact) mass is 394 g/mol. The molecular formula is C24H30O3Si. The second-order valence-electron chi connectivity index (χ2n) is 9.38. The van der Waals surface area contributed by atoms with Gasteiger partial charge in [0.2, 0.25) is 0 Å². The highest BCUT2D eigenvalue weighted by Crippen LogP contribution is 2.48. The minimum absolute atomic E-state index is 0.0183. The topological polar surface area (TPSA) is 57.5 Å². The smallest absolute Gasteiger partial charge is 0.171 e. The van der Waals surface area contributed by atoms with Gasteiger partial charge in [-0.25, -0.2) is 0 Å². The number of fused-ring (bicyclic) bond motifs is 1. The summed E-state index contributed by atoms with van der Waals surface area (Å²) in [4.78, 5) is 13.3. The molecule has 3 nitrogen and oxygen atoms in total. The van der Waals surface area contributed by atoms with Crippen LogP contribution in [0, 0.1) is 50.0 Å². The molecule has 148 valence electrons. The van der Waals surface area contributed by atoms with Gasteiger partial charge in [-0.1, -0.05) is 56.3 Å². The van der Waals surface area contributed by atoms with Gasteiger partial charge in [-0.05, 0) is 43.4 Å². The molecule has 3 rings (SSSR count). The van der Waals surface area contributed by atoms with Crippen molar-refractivity contribution in [3.05, 3.63) is 51.8 Å². The van der Waals surface area contributed by atoms with E-state index in [-0.39, 0.29) is 17.5 Å². The van der Waals surface area contributed by atoms with Crippen molar-refractivity contribution in [2.75, 3.05) is 0 Å². The van der Waals surface area contributed by atoms with Gasteiger partial charge in [0, 0.05) is 11.5 Å². The van der Waals surface area contributed by atoms with Crippen molar-refractivity contribution in [1.82, 2.24) is 0 Å². The second-order valence-corrected chi connectivity index (χ2v) is 14.1. The van der Waals surface area contributed by atoms with Gasteiger partial charge in [0.1, 0.15) is 13.8 Å². The minimum atomic E-state index is -1.60. The van der Waals surface area contributed by atoms with Gasteiger partial charge in [-0.3, -0.25) is 4.79 Å². The molecule has 1 aromatic rings. The molecule has 0 bridgehead atoms. The average Bonchev–Trinajstić information content (AvgIpc) is 2.81. The quantitative estimate of drug-likeness (QED) is 0.544. The van der Waals surface area contributed by atoms with Gasteiger partial charge >= 0.3 is 0 Å². The van der Waals surface area contributed by atoms with E-state index in [0.29, 0.717) is 11.1 Å². The van der Waals surface area contributed by atoms with Crippen LogP contribution >= 0.6 is 0 Å². The Kier molecular flexibility index (Phi) is 5.20. The normalized spacial score (nSPS) is 27.3. The van der Waals surface area contributed by atoms with Gasteiger partial charge in [0.25, 0.3) is 0 Å². The van der Waals surface area contributed by atoms with E-state index >= 15 is 0 Å². The third-order valence-electron chi connectivity index (χ3n) is 5.68. The van der Waals surface area contributed by atoms with E-state index in [0.717, 1.165) is 22.3 Å². The van der Waals surface area contributed by atoms with Crippen molar-refractivity contribution >= 4 is 19.4 Å². The lowest BCUT2D eigenvalue weighted by molar-refractivity contribution is -0.120. The van der Waals surface area contributed by atoms with Crippen molar-refractivity contribution in [3.63, 3.8) is 0 Å². The minimum Gasteiger partial charge on any atom is -0.511 e. The van der Waals surface area contributed by atoms with Crippen LogP contribution in [-0.4, -0.2) is 30.2 Å². The Bertz CT molecular complexity index is 943. The van der Waals surface area contributed by atoms with Gasteiger partial charge < -0.3 is 10.2 Å². The Morgan fingerprint density at radius 2 is 1.61 bits per heavy atom. The third-order valence-corrected chi connectivity index (χ3v) is 6.56. The van der Waals surface area contributed by atoms with Gasteiger partial charge in [0.05, 0.1) is 17.6 Å². The maximum absolute atomic E-state index is 13.3. The summed E-state index contributed by atoms with van der Waals surface area (Å²) in [5.74, 6) is 1.95. The first-order valence-corrected chi connectivity index (χ1v) is 13.4. The van der Waals surface area contributed by atoms with Gasteiger partial charge in [-0.15, -0.1) is 5.54 Å². The van der Waals surface area contributed by atoms with Crippen molar-refractivity contribution in [1.29, 1.82) is 0 Å². The Hall–Kier alpha value is -2.09. The molecule has 2 aliphatic rings. The maximum atomic E-state index is 13.3. The molecule has 4 heteroatoms. The standard InChI is InChI=1S/C24H30O3Si/c1-13-10-14(2)18(15(3)11-13)20-23(26)19-16(4)12-17(8-9-28(5,6)7)22(25)21(19)24(20)27/h10-12,16,19,21-22,25,27H,1-7H3/t16-,19-,21-,22+/m0/s1. The predicted molar refractivity (Wildman–Crippen MR) is 117 cm³/mol. The molecule has 0 saturated heterocycles. The molecule has 0 unspecified atom stereocenters. The van der Waals surface area contributed by atoms with Crippen LogP contribution in [0.2, 0.25) is 19.6 Å². The molecule has 0 fully saturated rings. The largest absolute Gasteiger partial charge is 0.511 e. The van der Waals surface area contributed by atoms with Crippen LogP contribution < -0.4 is 0 Å². The molecule has 28 heavy (non-hydrogen) atoms. The van der Waals surface area contributed by atoms with E-state index in [9.17, 15) is 15.0 Å². The number of ketones is 1. The van der Waals surface area contributed by atoms with E-state index in [4.69, 9.17) is 0 Å². The van der Waals surface area contributed by atoms with Crippen LogP contribution in [0.1, 0.15) is 29.2 Å². The fraction of sp³-hybridized carbons (Fsp3) is 0.458. The Morgan fingerprint density at radius 3 is 2.14 bits per heavy atom. The number of carbonyl (C=O) groups is 1. The first-order chi connectivity index (χ1) is 12.9. The molecule has 2 aliphatic carbocycles. The number of aliphatic hydroxyl groups is 2. The van der Waals surface area contributed by atoms with Crippen molar-refractivity contribution in [3.8, 4) is 11.5 Å². The lowest BCUT2D eigenvalue weighted by Gasteiger charge is -2.32. The van der Waals surface area contributed by atoms with Crippen LogP contribution in [0.3, 0.4) is 0 Å². The molecule has 0 amide bonds. The number of allylic oxidation sites excluding steroid dienone is 2. The Balaban J connectivity index is 2.11. The van der Waals surface area contributed by atoms with Crippen LogP contribution in [0.5, 0.6) is 0 Å². The third kappa shape index (κ3) is 3.50. The van der Waals surface area contributed by atoms with Crippen LogP contribution in [0.4, 0.5) is 0 Å². The number of hydrogen-bond acceptors (Lipinski definition) is 3. The van der Waals surface area contributed by atoms with Gasteiger partial charge in [-0.2, -0.15) is 0 Å². The Morgan fingerprint density at radius 1 is 1.04 bits per heavy atom. The summed E-state index contributed by atoms with van der Waals surface area (Å²) in [6, 6.07) is 4.06. The second kappa shape index (κ2) is 7.06. The molecule has 0 spiro atoms. The van der Waals surface area contributed by atoms with E-state index in [1.165, 1.54) is 0 Å². The van der Waals surface area contributed by atoms with E-state index in [2.05, 4.69) is 31.1 Å². The molecule has 0 aliphatic heterocycles. The highest BCUT2D eigenvalue weighted by molar-refractivity contribution is 6.83. The number of aliphatic hydroxyl groups excluding tert-OH is 2. The molecule has 4 atom stereocenters. The van der Waals surface area contributed by atoms with Crippen LogP contribution in [0.25, 0.3) is 5.57 Å². The number of hydrogen-bond donors (Lipinski definition) is 2. The number of rotatable bonds is 1. The summed E-state index contributed by atoms with van der Waals surface area (Å²) < 4.78 is 0. The molecule has 2 N–H and O–H groups in total. The average molecular weight is 395 g/mol. The van der Waals surface area contributed by atoms with E-state index in [1.807, 2.05) is 45.9 Å². The Labute approximate surface area is 169 Å². The summed E-state index contributed by atoms with van der Waals surface area (Å²) in [5.41, 5.74) is 8.18. The predicted octanol–water partition coefficient (Wildman–Crippen LogP) is 4.51. The first-order valence-electron chi connectivity index (χ1n) is 9.91. The first kappa shape index (κ1) is 20.6. The van der Waals surface area contributed by atoms with Crippen LogP contribution in [-0.2, 0) is 4.79 Å². The number of aryl methyl sites for hydroxylation is 3. The molecular weight excluding hydrogens is 364 g/mol. The highest BCUT2D eigenvalue weighted by atomic mass is 28.3. The molecule has 1 aromatic carbocycles. The maximum Gasteiger partial charge on any atom is 0.171 e. The number of carbonyl (C=O) groups excluding carboxylic acids is 1. The molecule has 0 heterocycles. The van der Waals surface area contributed by atoms with Crippen molar-refractivity contribution < 1.29 is 15.0 Å². The molecule has 0 saturated carbocycles. The highest BCUT2D eigenvalue weighted by Gasteiger charge is 2.51. The summed E-state index contributed by atoms with van der Waals surface area (Å²) in [6.07, 6.45) is 0.972. The zero-order chi connectivity index (χ0) is 21.0. The van der Waals surface area contributed by atoms with Gasteiger partial charge in [0.15, 0.2) is 5.78 Å². The number of benzene rings is 1. The SMILES string of the molecule is Cc1cc(C)c(C2=C(O)[C@H]3[C@@H](C2=O)[C@@H](C)C=C(C#C[Si](C)(C)C)[C@H]3O)c(C)c1. The summed E-state index contributed by atoms with van der Waals surface area (Å²) in [5, 5.41) is 22.1. The zero-order valence-electron chi connectivity index (χ0n) is 17.8.